The molecule has 4 heterocycles. The lowest BCUT2D eigenvalue weighted by Crippen LogP contribution is -2.60. The molecule has 5 amide bonds. The van der Waals surface area contributed by atoms with E-state index in [1.54, 1.807) is 56.0 Å². The normalized spacial score (nSPS) is 15.9. The lowest BCUT2D eigenvalue weighted by atomic mass is 9.99. The van der Waals surface area contributed by atoms with Crippen LogP contribution in [0.1, 0.15) is 43.6 Å². The van der Waals surface area contributed by atoms with Crippen LogP contribution in [-0.4, -0.2) is 93.8 Å². The van der Waals surface area contributed by atoms with E-state index in [-0.39, 0.29) is 50.0 Å². The van der Waals surface area contributed by atoms with Crippen LogP contribution < -0.4 is 21.1 Å². The summed E-state index contributed by atoms with van der Waals surface area (Å²) in [5.74, 6) is -1.15. The van der Waals surface area contributed by atoms with Crippen LogP contribution in [0.5, 0.6) is 0 Å². The molecule has 13 nitrogen and oxygen atoms in total. The second-order valence-corrected chi connectivity index (χ2v) is 13.3. The minimum atomic E-state index is -1.50. The number of anilines is 1. The van der Waals surface area contributed by atoms with E-state index in [4.69, 9.17) is 16.3 Å². The Morgan fingerprint density at radius 2 is 1.77 bits per heavy atom. The van der Waals surface area contributed by atoms with Gasteiger partial charge < -0.3 is 25.2 Å². The molecule has 0 unspecified atom stereocenters. The fourth-order valence-electron chi connectivity index (χ4n) is 5.39. The number of alkyl carbamates (subject to hydrolysis) is 1. The van der Waals surface area contributed by atoms with Gasteiger partial charge in [-0.15, -0.1) is 0 Å². The smallest absolute Gasteiger partial charge is 0.407 e. The number of benzene rings is 1. The number of nitrogens with one attached hydrogen (secondary N) is 2. The van der Waals surface area contributed by atoms with Crippen LogP contribution in [0.25, 0.3) is 11.0 Å². The molecule has 47 heavy (non-hydrogen) atoms. The molecule has 2 N–H and O–H groups in total. The zero-order valence-corrected chi connectivity index (χ0v) is 27.4. The third-order valence-corrected chi connectivity index (χ3v) is 7.92. The summed E-state index contributed by atoms with van der Waals surface area (Å²) >= 11 is 5.95. The summed E-state index contributed by atoms with van der Waals surface area (Å²) in [4.78, 5) is 74.0. The third kappa shape index (κ3) is 7.99. The predicted molar refractivity (Wildman–Crippen MR) is 173 cm³/mol. The van der Waals surface area contributed by atoms with Gasteiger partial charge in [-0.2, -0.15) is 0 Å². The van der Waals surface area contributed by atoms with Crippen molar-refractivity contribution >= 4 is 52.3 Å². The van der Waals surface area contributed by atoms with E-state index in [1.807, 2.05) is 0 Å². The first kappa shape index (κ1) is 33.6. The van der Waals surface area contributed by atoms with Crippen LogP contribution in [0, 0.1) is 0 Å². The van der Waals surface area contributed by atoms with E-state index in [0.717, 1.165) is 10.1 Å². The maximum atomic E-state index is 14.1. The van der Waals surface area contributed by atoms with Crippen LogP contribution in [0.4, 0.5) is 19.7 Å². The molecule has 0 radical (unpaired) electrons. The summed E-state index contributed by atoms with van der Waals surface area (Å²) in [5.41, 5.74) is -1.79. The molecule has 2 aliphatic heterocycles. The van der Waals surface area contributed by atoms with Crippen LogP contribution in [0.3, 0.4) is 0 Å². The first-order valence-corrected chi connectivity index (χ1v) is 15.5. The topological polar surface area (TPSA) is 146 Å². The van der Waals surface area contributed by atoms with Gasteiger partial charge in [0.25, 0.3) is 11.5 Å². The van der Waals surface area contributed by atoms with Gasteiger partial charge in [0.2, 0.25) is 5.91 Å². The van der Waals surface area contributed by atoms with Crippen molar-refractivity contribution in [3.05, 3.63) is 69.1 Å². The Kier molecular flexibility index (Phi) is 9.43. The van der Waals surface area contributed by atoms with Crippen LogP contribution >= 0.6 is 11.6 Å². The predicted octanol–water partition coefficient (Wildman–Crippen LogP) is 3.32. The first-order chi connectivity index (χ1) is 22.1. The molecule has 2 aliphatic rings. The Hall–Kier alpha value is -4.72. The van der Waals surface area contributed by atoms with E-state index in [2.05, 4.69) is 15.6 Å². The summed E-state index contributed by atoms with van der Waals surface area (Å²) < 4.78 is 20.5. The molecule has 250 valence electrons. The highest BCUT2D eigenvalue weighted by atomic mass is 35.5. The van der Waals surface area contributed by atoms with Gasteiger partial charge in [-0.05, 0) is 57.5 Å². The fourth-order valence-corrected chi connectivity index (χ4v) is 5.51. The molecular weight excluding hydrogens is 633 g/mol. The molecule has 0 bridgehead atoms. The largest absolute Gasteiger partial charge is 0.444 e. The van der Waals surface area contributed by atoms with Gasteiger partial charge in [-0.1, -0.05) is 23.7 Å². The average Bonchev–Trinajstić information content (AvgIpc) is 3.35. The number of aromatic nitrogens is 2. The number of amides is 5. The fraction of sp³-hybridized carbons (Fsp3) is 0.438. The number of nitrogens with zero attached hydrogens (tertiary/aromatic N) is 5. The molecule has 1 aromatic carbocycles. The third-order valence-electron chi connectivity index (χ3n) is 7.67. The molecule has 2 aromatic heterocycles. The number of urea groups is 1. The Bertz CT molecular complexity index is 1760. The Balaban J connectivity index is 1.38. The second-order valence-electron chi connectivity index (χ2n) is 12.9. The number of carbonyl (C=O) groups excluding carboxylic acids is 4. The minimum Gasteiger partial charge on any atom is -0.444 e. The van der Waals surface area contributed by atoms with E-state index in [0.29, 0.717) is 29.2 Å². The Labute approximate surface area is 275 Å². The highest BCUT2D eigenvalue weighted by molar-refractivity contribution is 6.30. The van der Waals surface area contributed by atoms with Crippen LogP contribution in [-0.2, 0) is 22.6 Å². The molecule has 0 aliphatic carbocycles. The van der Waals surface area contributed by atoms with E-state index < -0.39 is 41.3 Å². The molecule has 2 saturated heterocycles. The maximum Gasteiger partial charge on any atom is 0.407 e. The monoisotopic (exact) mass is 669 g/mol. The van der Waals surface area contributed by atoms with Gasteiger partial charge in [0, 0.05) is 43.1 Å². The quantitative estimate of drug-likeness (QED) is 0.356. The van der Waals surface area contributed by atoms with Crippen molar-refractivity contribution in [3.63, 3.8) is 0 Å². The van der Waals surface area contributed by atoms with Gasteiger partial charge in [0.15, 0.2) is 0 Å². The van der Waals surface area contributed by atoms with Crippen LogP contribution in [0.15, 0.2) is 47.4 Å². The van der Waals surface area contributed by atoms with Gasteiger partial charge in [0.05, 0.1) is 25.0 Å². The molecule has 0 spiro atoms. The highest BCUT2D eigenvalue weighted by Gasteiger charge is 2.41. The average molecular weight is 670 g/mol. The van der Waals surface area contributed by atoms with Gasteiger partial charge in [-0.3, -0.25) is 23.9 Å². The van der Waals surface area contributed by atoms with Gasteiger partial charge >= 0.3 is 12.1 Å². The number of rotatable bonds is 9. The van der Waals surface area contributed by atoms with Crippen molar-refractivity contribution in [2.45, 2.75) is 52.1 Å². The summed E-state index contributed by atoms with van der Waals surface area (Å²) in [6.45, 7) is 7.31. The van der Waals surface area contributed by atoms with Crippen molar-refractivity contribution in [3.8, 4) is 0 Å². The zero-order valence-electron chi connectivity index (χ0n) is 26.6. The Morgan fingerprint density at radius 1 is 1.06 bits per heavy atom. The number of halogens is 2. The van der Waals surface area contributed by atoms with Crippen molar-refractivity contribution in [1.82, 2.24) is 30.0 Å². The minimum absolute atomic E-state index is 0.0990. The standard InChI is InChI=1S/C32H37ClFN7O6/c1-31(2,3)47-29(45)35-9-10-38-11-12-40(30(38)46)23-13-21-14-24(27(43)37-15-20-5-7-22(33)8-6-20)28(44)41(26(21)36-16-23)17-25(42)39-18-32(4,34)19-39/h5-8,13-14,16H,9-12,15,17-19H2,1-4H3,(H,35,45)(H,37,43). The van der Waals surface area contributed by atoms with Gasteiger partial charge in [0.1, 0.15) is 29.0 Å². The van der Waals surface area contributed by atoms with E-state index in [1.165, 1.54) is 29.0 Å². The van der Waals surface area contributed by atoms with Crippen LogP contribution in [0.2, 0.25) is 5.02 Å². The molecule has 5 rings (SSSR count). The number of alkyl halides is 1. The van der Waals surface area contributed by atoms with Crippen molar-refractivity contribution < 1.29 is 28.3 Å². The molecule has 15 heteroatoms. The SMILES string of the molecule is CC1(F)CN(C(=O)Cn2c(=O)c(C(=O)NCc3ccc(Cl)cc3)cc3cc(N4CCN(CCNC(=O)OC(C)(C)C)C4=O)cnc32)C1. The van der Waals surface area contributed by atoms with Crippen molar-refractivity contribution in [2.75, 3.05) is 44.2 Å². The van der Waals surface area contributed by atoms with E-state index >= 15 is 0 Å². The molecule has 3 aromatic rings. The number of carbonyl (C=O) groups is 4. The summed E-state index contributed by atoms with van der Waals surface area (Å²) in [6.07, 6.45) is 0.844. The van der Waals surface area contributed by atoms with Crippen molar-refractivity contribution in [1.29, 1.82) is 0 Å². The highest BCUT2D eigenvalue weighted by Crippen LogP contribution is 2.26. The summed E-state index contributed by atoms with van der Waals surface area (Å²) in [5, 5.41) is 6.26. The summed E-state index contributed by atoms with van der Waals surface area (Å²) in [7, 11) is 0. The number of pyridine rings is 2. The lowest BCUT2D eigenvalue weighted by molar-refractivity contribution is -0.144. The van der Waals surface area contributed by atoms with E-state index in [9.17, 15) is 28.4 Å². The molecule has 0 atom stereocenters. The Morgan fingerprint density at radius 3 is 2.43 bits per heavy atom. The lowest BCUT2D eigenvalue weighted by Gasteiger charge is -2.42. The number of likely N-dealkylation sites (tertiary alicyclic amines) is 1. The summed E-state index contributed by atoms with van der Waals surface area (Å²) in [6, 6.07) is 9.55. The van der Waals surface area contributed by atoms with Crippen molar-refractivity contribution in [2.24, 2.45) is 0 Å². The maximum absolute atomic E-state index is 14.1. The number of hydrogen-bond donors (Lipinski definition) is 2. The van der Waals surface area contributed by atoms with Gasteiger partial charge in [-0.25, -0.2) is 19.0 Å². The zero-order chi connectivity index (χ0) is 34.1. The molecule has 2 fully saturated rings. The molecular formula is C32H37ClFN7O6. The molecule has 0 saturated carbocycles. The number of fused-ring (bicyclic) bond motifs is 1. The second kappa shape index (κ2) is 13.2. The first-order valence-electron chi connectivity index (χ1n) is 15.2. The number of ether oxygens (including phenoxy) is 1. The number of hydrogen-bond acceptors (Lipinski definition) is 7.